The van der Waals surface area contributed by atoms with Gasteiger partial charge in [-0.15, -0.1) is 0 Å². The maximum absolute atomic E-state index is 12.2. The van der Waals surface area contributed by atoms with Crippen LogP contribution < -0.4 is 10.1 Å². The Bertz CT molecular complexity index is 915. The summed E-state index contributed by atoms with van der Waals surface area (Å²) in [6.45, 7) is 5.42. The fraction of sp³-hybridized carbons (Fsp3) is 0.286. The Morgan fingerprint density at radius 3 is 2.77 bits per heavy atom. The standard InChI is InChI=1S/C21H24N2O3/c1-15-4-5-16(2)20(12-15)26-14-21(24)22-18-6-7-19-17(13-18)8-9-23(19)10-11-25-3/h4-9,12-13H,10-11,14H2,1-3H3,(H,22,24). The Morgan fingerprint density at radius 1 is 1.12 bits per heavy atom. The van der Waals surface area contributed by atoms with Crippen molar-refractivity contribution in [2.24, 2.45) is 0 Å². The van der Waals surface area contributed by atoms with Gasteiger partial charge in [0.1, 0.15) is 5.75 Å². The number of nitrogens with one attached hydrogen (secondary N) is 1. The molecule has 0 bridgehead atoms. The molecule has 136 valence electrons. The van der Waals surface area contributed by atoms with Crippen LogP contribution in [0.4, 0.5) is 5.69 Å². The molecular weight excluding hydrogens is 328 g/mol. The molecule has 1 aromatic heterocycles. The first-order valence-corrected chi connectivity index (χ1v) is 8.64. The first-order chi connectivity index (χ1) is 12.6. The smallest absolute Gasteiger partial charge is 0.262 e. The van der Waals surface area contributed by atoms with Crippen LogP contribution in [-0.4, -0.2) is 30.8 Å². The number of carbonyl (C=O) groups is 1. The molecule has 2 aromatic carbocycles. The van der Waals surface area contributed by atoms with Crippen LogP contribution in [0.15, 0.2) is 48.7 Å². The minimum atomic E-state index is -0.177. The Hall–Kier alpha value is -2.79. The zero-order valence-electron chi connectivity index (χ0n) is 15.4. The number of benzene rings is 2. The molecule has 1 heterocycles. The van der Waals surface area contributed by atoms with Gasteiger partial charge < -0.3 is 19.4 Å². The van der Waals surface area contributed by atoms with Crippen LogP contribution in [0.5, 0.6) is 5.75 Å². The van der Waals surface area contributed by atoms with E-state index in [1.165, 1.54) is 0 Å². The molecule has 5 heteroatoms. The van der Waals surface area contributed by atoms with Crippen molar-refractivity contribution in [3.05, 3.63) is 59.8 Å². The molecule has 0 radical (unpaired) electrons. The zero-order chi connectivity index (χ0) is 18.5. The Labute approximate surface area is 153 Å². The molecule has 0 saturated heterocycles. The Morgan fingerprint density at radius 2 is 1.96 bits per heavy atom. The third kappa shape index (κ3) is 4.24. The van der Waals surface area contributed by atoms with Gasteiger partial charge in [0.15, 0.2) is 6.61 Å². The Kier molecular flexibility index (Phi) is 5.58. The second kappa shape index (κ2) is 8.06. The first-order valence-electron chi connectivity index (χ1n) is 8.64. The van der Waals surface area contributed by atoms with E-state index in [0.29, 0.717) is 6.61 Å². The fourth-order valence-corrected chi connectivity index (χ4v) is 2.87. The summed E-state index contributed by atoms with van der Waals surface area (Å²) in [6.07, 6.45) is 2.03. The third-order valence-electron chi connectivity index (χ3n) is 4.29. The van der Waals surface area contributed by atoms with Crippen LogP contribution in [0.25, 0.3) is 10.9 Å². The monoisotopic (exact) mass is 352 g/mol. The van der Waals surface area contributed by atoms with Gasteiger partial charge >= 0.3 is 0 Å². The predicted octanol–water partition coefficient (Wildman–Crippen LogP) is 3.92. The highest BCUT2D eigenvalue weighted by atomic mass is 16.5. The number of aromatic nitrogens is 1. The largest absolute Gasteiger partial charge is 0.483 e. The number of rotatable bonds is 7. The highest BCUT2D eigenvalue weighted by Gasteiger charge is 2.08. The van der Waals surface area contributed by atoms with Gasteiger partial charge in [-0.3, -0.25) is 4.79 Å². The molecule has 0 unspecified atom stereocenters. The van der Waals surface area contributed by atoms with Gasteiger partial charge in [0.05, 0.1) is 6.61 Å². The van der Waals surface area contributed by atoms with Crippen molar-refractivity contribution < 1.29 is 14.3 Å². The molecule has 3 rings (SSSR count). The van der Waals surface area contributed by atoms with E-state index in [1.807, 2.05) is 62.5 Å². The van der Waals surface area contributed by atoms with Gasteiger partial charge in [0, 0.05) is 36.4 Å². The molecule has 5 nitrogen and oxygen atoms in total. The average molecular weight is 352 g/mol. The molecule has 1 amide bonds. The number of methoxy groups -OCH3 is 1. The summed E-state index contributed by atoms with van der Waals surface area (Å²) in [7, 11) is 1.69. The third-order valence-corrected chi connectivity index (χ3v) is 4.29. The molecule has 0 atom stereocenters. The Balaban J connectivity index is 1.63. The number of fused-ring (bicyclic) bond motifs is 1. The summed E-state index contributed by atoms with van der Waals surface area (Å²) in [4.78, 5) is 12.2. The quantitative estimate of drug-likeness (QED) is 0.701. The first kappa shape index (κ1) is 18.0. The number of hydrogen-bond donors (Lipinski definition) is 1. The van der Waals surface area contributed by atoms with Crippen molar-refractivity contribution in [2.75, 3.05) is 25.6 Å². The zero-order valence-corrected chi connectivity index (χ0v) is 15.4. The molecule has 0 aliphatic carbocycles. The number of hydrogen-bond acceptors (Lipinski definition) is 3. The van der Waals surface area contributed by atoms with Crippen molar-refractivity contribution >= 4 is 22.5 Å². The van der Waals surface area contributed by atoms with Gasteiger partial charge in [-0.2, -0.15) is 0 Å². The molecule has 0 aliphatic rings. The minimum absolute atomic E-state index is 0.0167. The summed E-state index contributed by atoms with van der Waals surface area (Å²) in [6, 6.07) is 13.9. The van der Waals surface area contributed by atoms with Crippen molar-refractivity contribution in [1.82, 2.24) is 4.57 Å². The maximum atomic E-state index is 12.2. The number of carbonyl (C=O) groups excluding carboxylic acids is 1. The van der Waals surface area contributed by atoms with E-state index in [4.69, 9.17) is 9.47 Å². The molecule has 0 aliphatic heterocycles. The van der Waals surface area contributed by atoms with Crippen LogP contribution in [0.1, 0.15) is 11.1 Å². The van der Waals surface area contributed by atoms with Crippen LogP contribution in [-0.2, 0) is 16.1 Å². The number of aryl methyl sites for hydroxylation is 2. The van der Waals surface area contributed by atoms with Gasteiger partial charge in [-0.1, -0.05) is 12.1 Å². The lowest BCUT2D eigenvalue weighted by Gasteiger charge is -2.11. The summed E-state index contributed by atoms with van der Waals surface area (Å²) in [5.41, 5.74) is 4.00. The summed E-state index contributed by atoms with van der Waals surface area (Å²) >= 11 is 0. The van der Waals surface area contributed by atoms with Crippen LogP contribution in [0.2, 0.25) is 0 Å². The molecule has 3 aromatic rings. The van der Waals surface area contributed by atoms with Crippen molar-refractivity contribution in [1.29, 1.82) is 0 Å². The van der Waals surface area contributed by atoms with Crippen LogP contribution >= 0.6 is 0 Å². The lowest BCUT2D eigenvalue weighted by Crippen LogP contribution is -2.20. The second-order valence-electron chi connectivity index (χ2n) is 6.38. The SMILES string of the molecule is COCCn1ccc2cc(NC(=O)COc3cc(C)ccc3C)ccc21. The average Bonchev–Trinajstić information content (AvgIpc) is 3.03. The topological polar surface area (TPSA) is 52.5 Å². The summed E-state index contributed by atoms with van der Waals surface area (Å²) in [5, 5.41) is 3.97. The molecule has 26 heavy (non-hydrogen) atoms. The van der Waals surface area contributed by atoms with Gasteiger partial charge in [0.25, 0.3) is 5.91 Å². The van der Waals surface area contributed by atoms with E-state index in [9.17, 15) is 4.79 Å². The van der Waals surface area contributed by atoms with E-state index < -0.39 is 0 Å². The number of ether oxygens (including phenoxy) is 2. The van der Waals surface area contributed by atoms with E-state index in [-0.39, 0.29) is 12.5 Å². The summed E-state index contributed by atoms with van der Waals surface area (Å²) in [5.74, 6) is 0.565. The second-order valence-corrected chi connectivity index (χ2v) is 6.38. The lowest BCUT2D eigenvalue weighted by molar-refractivity contribution is -0.118. The fourth-order valence-electron chi connectivity index (χ4n) is 2.87. The van der Waals surface area contributed by atoms with Crippen LogP contribution in [0.3, 0.4) is 0 Å². The molecule has 1 N–H and O–H groups in total. The summed E-state index contributed by atoms with van der Waals surface area (Å²) < 4.78 is 12.9. The molecule has 0 spiro atoms. The van der Waals surface area contributed by atoms with Crippen molar-refractivity contribution in [2.45, 2.75) is 20.4 Å². The molecule has 0 fully saturated rings. The van der Waals surface area contributed by atoms with E-state index in [0.717, 1.165) is 40.0 Å². The molecule has 0 saturated carbocycles. The highest BCUT2D eigenvalue weighted by Crippen LogP contribution is 2.21. The highest BCUT2D eigenvalue weighted by molar-refractivity contribution is 5.94. The maximum Gasteiger partial charge on any atom is 0.262 e. The van der Waals surface area contributed by atoms with E-state index >= 15 is 0 Å². The van der Waals surface area contributed by atoms with Gasteiger partial charge in [-0.25, -0.2) is 0 Å². The van der Waals surface area contributed by atoms with Crippen molar-refractivity contribution in [3.63, 3.8) is 0 Å². The number of amides is 1. The number of nitrogens with zero attached hydrogens (tertiary/aromatic N) is 1. The normalized spacial score (nSPS) is 10.9. The lowest BCUT2D eigenvalue weighted by atomic mass is 10.1. The number of anilines is 1. The van der Waals surface area contributed by atoms with Gasteiger partial charge in [0.2, 0.25) is 0 Å². The predicted molar refractivity (Wildman–Crippen MR) is 104 cm³/mol. The van der Waals surface area contributed by atoms with Gasteiger partial charge in [-0.05, 0) is 55.3 Å². The van der Waals surface area contributed by atoms with Crippen LogP contribution in [0, 0.1) is 13.8 Å². The minimum Gasteiger partial charge on any atom is -0.483 e. The molecular formula is C21H24N2O3. The van der Waals surface area contributed by atoms with Crippen molar-refractivity contribution in [3.8, 4) is 5.75 Å². The van der Waals surface area contributed by atoms with E-state index in [2.05, 4.69) is 9.88 Å². The van der Waals surface area contributed by atoms with E-state index in [1.54, 1.807) is 7.11 Å².